The van der Waals surface area contributed by atoms with Crippen LogP contribution >= 0.6 is 0 Å². The first-order valence-electron chi connectivity index (χ1n) is 12.6. The van der Waals surface area contributed by atoms with Crippen molar-refractivity contribution in [2.45, 2.75) is 110 Å². The van der Waals surface area contributed by atoms with Crippen LogP contribution in [0.3, 0.4) is 0 Å². The fraction of sp³-hybridized carbons (Fsp3) is 0.846. The predicted octanol–water partition coefficient (Wildman–Crippen LogP) is 6.78. The van der Waals surface area contributed by atoms with E-state index >= 15 is 0 Å². The Kier molecular flexibility index (Phi) is 22.3. The van der Waals surface area contributed by atoms with Crippen LogP contribution < -0.4 is 0 Å². The molecule has 0 spiro atoms. The van der Waals surface area contributed by atoms with Crippen LogP contribution in [0.5, 0.6) is 0 Å². The average molecular weight is 441 g/mol. The van der Waals surface area contributed by atoms with Gasteiger partial charge in [0.2, 0.25) is 0 Å². The van der Waals surface area contributed by atoms with Gasteiger partial charge in [-0.05, 0) is 25.2 Å². The molecule has 5 nitrogen and oxygen atoms in total. The summed E-state index contributed by atoms with van der Waals surface area (Å²) in [5, 5.41) is 0. The van der Waals surface area contributed by atoms with E-state index in [0.29, 0.717) is 25.7 Å². The fourth-order valence-corrected chi connectivity index (χ4v) is 3.35. The van der Waals surface area contributed by atoms with E-state index in [9.17, 15) is 9.59 Å². The van der Waals surface area contributed by atoms with Crippen LogP contribution in [0.15, 0.2) is 12.2 Å². The van der Waals surface area contributed by atoms with Crippen LogP contribution in [-0.4, -0.2) is 38.9 Å². The summed E-state index contributed by atoms with van der Waals surface area (Å²) in [7, 11) is 1.68. The molecular formula is C26H48O5. The minimum Gasteiger partial charge on any atom is -0.463 e. The molecule has 0 aliphatic rings. The Morgan fingerprint density at radius 2 is 1.06 bits per heavy atom. The molecule has 0 heterocycles. The molecule has 0 amide bonds. The van der Waals surface area contributed by atoms with Gasteiger partial charge in [0.1, 0.15) is 0 Å². The highest BCUT2D eigenvalue weighted by molar-refractivity contribution is 5.91. The van der Waals surface area contributed by atoms with Gasteiger partial charge in [0.25, 0.3) is 0 Å². The van der Waals surface area contributed by atoms with Gasteiger partial charge in [-0.25, -0.2) is 9.59 Å². The van der Waals surface area contributed by atoms with Crippen molar-refractivity contribution < 1.29 is 23.8 Å². The van der Waals surface area contributed by atoms with Crippen LogP contribution in [-0.2, 0) is 23.8 Å². The number of ether oxygens (including phenoxy) is 3. The number of methoxy groups -OCH3 is 1. The lowest BCUT2D eigenvalue weighted by molar-refractivity contribution is -0.140. The van der Waals surface area contributed by atoms with Gasteiger partial charge in [-0.15, -0.1) is 0 Å². The molecular weight excluding hydrogens is 392 g/mol. The van der Waals surface area contributed by atoms with E-state index in [0.717, 1.165) is 37.8 Å². The third-order valence-corrected chi connectivity index (χ3v) is 5.52. The molecule has 5 heteroatoms. The first-order chi connectivity index (χ1) is 15.1. The number of carbonyl (C=O) groups is 2. The summed E-state index contributed by atoms with van der Waals surface area (Å²) >= 11 is 0. The molecule has 0 bridgehead atoms. The average Bonchev–Trinajstić information content (AvgIpc) is 2.76. The zero-order valence-corrected chi connectivity index (χ0v) is 20.5. The van der Waals surface area contributed by atoms with Crippen LogP contribution in [0.25, 0.3) is 0 Å². The van der Waals surface area contributed by atoms with Crippen molar-refractivity contribution >= 4 is 11.9 Å². The van der Waals surface area contributed by atoms with Crippen LogP contribution in [0.4, 0.5) is 0 Å². The first-order valence-corrected chi connectivity index (χ1v) is 12.6. The van der Waals surface area contributed by atoms with Gasteiger partial charge in [0.05, 0.1) is 13.2 Å². The van der Waals surface area contributed by atoms with Gasteiger partial charge in [0.15, 0.2) is 0 Å². The number of rotatable bonds is 22. The molecule has 0 aromatic heterocycles. The van der Waals surface area contributed by atoms with Crippen molar-refractivity contribution in [1.82, 2.24) is 0 Å². The molecule has 0 aromatic rings. The molecule has 0 aliphatic heterocycles. The summed E-state index contributed by atoms with van der Waals surface area (Å²) in [5.41, 5.74) is 0. The second-order valence-electron chi connectivity index (χ2n) is 8.59. The van der Waals surface area contributed by atoms with Crippen molar-refractivity contribution in [3.63, 3.8) is 0 Å². The van der Waals surface area contributed by atoms with E-state index in [4.69, 9.17) is 14.2 Å². The lowest BCUT2D eigenvalue weighted by Crippen LogP contribution is -2.09. The molecule has 182 valence electrons. The number of esters is 2. The molecule has 0 rings (SSSR count). The summed E-state index contributed by atoms with van der Waals surface area (Å²) in [6.07, 6.45) is 20.7. The van der Waals surface area contributed by atoms with E-state index < -0.39 is 11.9 Å². The summed E-state index contributed by atoms with van der Waals surface area (Å²) in [6, 6.07) is 0. The number of carbonyl (C=O) groups excluding carboxylic acids is 2. The Hall–Kier alpha value is -1.36. The molecule has 0 aromatic carbocycles. The molecule has 0 aliphatic carbocycles. The quantitative estimate of drug-likeness (QED) is 0.105. The van der Waals surface area contributed by atoms with Gasteiger partial charge in [-0.3, -0.25) is 0 Å². The Labute approximate surface area is 191 Å². The summed E-state index contributed by atoms with van der Waals surface area (Å²) in [4.78, 5) is 23.2. The van der Waals surface area contributed by atoms with Gasteiger partial charge < -0.3 is 14.2 Å². The maximum Gasteiger partial charge on any atom is 0.331 e. The summed E-state index contributed by atoms with van der Waals surface area (Å²) in [6.45, 7) is 5.82. The third kappa shape index (κ3) is 23.1. The monoisotopic (exact) mass is 440 g/mol. The van der Waals surface area contributed by atoms with Crippen molar-refractivity contribution in [3.8, 4) is 0 Å². The van der Waals surface area contributed by atoms with Gasteiger partial charge in [-0.1, -0.05) is 90.9 Å². The molecule has 1 unspecified atom stereocenters. The highest BCUT2D eigenvalue weighted by atomic mass is 16.5. The molecule has 0 saturated heterocycles. The van der Waals surface area contributed by atoms with Gasteiger partial charge in [-0.2, -0.15) is 0 Å². The lowest BCUT2D eigenvalue weighted by atomic mass is 10.0. The fourth-order valence-electron chi connectivity index (χ4n) is 3.35. The van der Waals surface area contributed by atoms with Crippen molar-refractivity contribution in [1.29, 1.82) is 0 Å². The second kappa shape index (κ2) is 23.3. The van der Waals surface area contributed by atoms with E-state index in [1.165, 1.54) is 70.6 Å². The second-order valence-corrected chi connectivity index (χ2v) is 8.59. The lowest BCUT2D eigenvalue weighted by Gasteiger charge is -2.10. The van der Waals surface area contributed by atoms with E-state index in [2.05, 4.69) is 13.8 Å². The zero-order valence-electron chi connectivity index (χ0n) is 20.5. The maximum absolute atomic E-state index is 11.6. The normalized spacial score (nSPS) is 12.2. The smallest absolute Gasteiger partial charge is 0.331 e. The SMILES string of the molecule is CCCCCCCCCCCCCCCOC(=O)/C=C/C(=O)OCCC(C)CCOC. The Morgan fingerprint density at radius 3 is 1.55 bits per heavy atom. The number of hydrogen-bond donors (Lipinski definition) is 0. The van der Waals surface area contributed by atoms with E-state index in [-0.39, 0.29) is 0 Å². The predicted molar refractivity (Wildman–Crippen MR) is 127 cm³/mol. The van der Waals surface area contributed by atoms with E-state index in [1.807, 2.05) is 0 Å². The van der Waals surface area contributed by atoms with Crippen LogP contribution in [0, 0.1) is 5.92 Å². The van der Waals surface area contributed by atoms with Crippen LogP contribution in [0.2, 0.25) is 0 Å². The minimum absolute atomic E-state index is 0.349. The van der Waals surface area contributed by atoms with Crippen molar-refractivity contribution in [2.24, 2.45) is 5.92 Å². The molecule has 0 fully saturated rings. The Bertz CT molecular complexity index is 447. The topological polar surface area (TPSA) is 61.8 Å². The largest absolute Gasteiger partial charge is 0.463 e. The third-order valence-electron chi connectivity index (χ3n) is 5.52. The molecule has 0 saturated carbocycles. The maximum atomic E-state index is 11.6. The molecule has 0 radical (unpaired) electrons. The van der Waals surface area contributed by atoms with E-state index in [1.54, 1.807) is 7.11 Å². The standard InChI is InChI=1S/C26H48O5/c1-4-5-6-7-8-9-10-11-12-13-14-15-16-21-30-25(27)17-18-26(28)31-23-20-24(2)19-22-29-3/h17-18,24H,4-16,19-23H2,1-3H3/b18-17+. The van der Waals surface area contributed by atoms with Crippen LogP contribution in [0.1, 0.15) is 110 Å². The summed E-state index contributed by atoms with van der Waals surface area (Å²) < 4.78 is 15.3. The molecule has 31 heavy (non-hydrogen) atoms. The van der Waals surface area contributed by atoms with Crippen molar-refractivity contribution in [3.05, 3.63) is 12.2 Å². The first kappa shape index (κ1) is 29.6. The Balaban J connectivity index is 3.44. The highest BCUT2D eigenvalue weighted by Gasteiger charge is 2.05. The Morgan fingerprint density at radius 1 is 0.645 bits per heavy atom. The van der Waals surface area contributed by atoms with Crippen molar-refractivity contribution in [2.75, 3.05) is 26.9 Å². The minimum atomic E-state index is -0.503. The summed E-state index contributed by atoms with van der Waals surface area (Å²) in [5.74, 6) is -0.553. The molecule has 1 atom stereocenters. The number of unbranched alkanes of at least 4 members (excludes halogenated alkanes) is 12. The molecule has 0 N–H and O–H groups in total. The zero-order chi connectivity index (χ0) is 23.0. The van der Waals surface area contributed by atoms with Gasteiger partial charge in [0, 0.05) is 25.9 Å². The number of hydrogen-bond acceptors (Lipinski definition) is 5. The van der Waals surface area contributed by atoms with Gasteiger partial charge >= 0.3 is 11.9 Å². The highest BCUT2D eigenvalue weighted by Crippen LogP contribution is 2.12.